The van der Waals surface area contributed by atoms with Crippen LogP contribution in [0.5, 0.6) is 0 Å². The highest BCUT2D eigenvalue weighted by Crippen LogP contribution is 2.58. The molecule has 0 spiro atoms. The van der Waals surface area contributed by atoms with Crippen LogP contribution in [-0.2, 0) is 16.6 Å². The number of anilines is 2. The Labute approximate surface area is 198 Å². The first-order valence-electron chi connectivity index (χ1n) is 11.9. The quantitative estimate of drug-likeness (QED) is 0.458. The lowest BCUT2D eigenvalue weighted by Gasteiger charge is -2.53. The third-order valence-corrected chi connectivity index (χ3v) is 8.06. The predicted molar refractivity (Wildman–Crippen MR) is 128 cm³/mol. The Morgan fingerprint density at radius 1 is 1.06 bits per heavy atom. The molecule has 5 nitrogen and oxygen atoms in total. The van der Waals surface area contributed by atoms with Crippen LogP contribution in [0.2, 0.25) is 0 Å². The number of fused-ring (bicyclic) bond motifs is 3. The molecule has 0 unspecified atom stereocenters. The van der Waals surface area contributed by atoms with Gasteiger partial charge in [-0.1, -0.05) is 33.3 Å². The van der Waals surface area contributed by atoms with Crippen molar-refractivity contribution in [1.82, 2.24) is 0 Å². The number of hydrogen-bond acceptors (Lipinski definition) is 2. The number of carboxylic acids is 1. The number of carboxylic acid groups (broad SMARTS) is 1. The second-order valence-electron chi connectivity index (χ2n) is 10.5. The average molecular weight is 471 g/mol. The van der Waals surface area contributed by atoms with Crippen LogP contribution in [0.1, 0.15) is 76.0 Å². The highest BCUT2D eigenvalue weighted by molar-refractivity contribution is 6.00. The highest BCUT2D eigenvalue weighted by atomic mass is 19.2. The summed E-state index contributed by atoms with van der Waals surface area (Å²) in [4.78, 5) is 25.0. The van der Waals surface area contributed by atoms with Gasteiger partial charge in [-0.3, -0.25) is 4.79 Å². The van der Waals surface area contributed by atoms with E-state index in [1.807, 2.05) is 13.0 Å². The first-order chi connectivity index (χ1) is 16.0. The van der Waals surface area contributed by atoms with Crippen molar-refractivity contribution >= 4 is 23.4 Å². The molecule has 2 aliphatic carbocycles. The normalized spacial score (nSPS) is 25.9. The molecule has 0 aliphatic heterocycles. The van der Waals surface area contributed by atoms with Crippen molar-refractivity contribution in [3.8, 4) is 0 Å². The SMILES string of the molecule is CC(C)c1cc2c(cc1NC(=O)Nc1ccc(F)c(F)c1)[C@@]1(C)CCC[C@@](C)(C(=O)O)[C@@H]1CC2. The molecule has 0 heterocycles. The minimum absolute atomic E-state index is 0.00696. The number of carbonyl (C=O) groups excluding carboxylic acids is 1. The topological polar surface area (TPSA) is 78.4 Å². The maximum absolute atomic E-state index is 13.5. The van der Waals surface area contributed by atoms with Crippen molar-refractivity contribution in [1.29, 1.82) is 0 Å². The molecule has 4 rings (SSSR count). The average Bonchev–Trinajstić information content (AvgIpc) is 2.76. The van der Waals surface area contributed by atoms with Gasteiger partial charge in [0.1, 0.15) is 0 Å². The van der Waals surface area contributed by atoms with Crippen LogP contribution in [0.15, 0.2) is 30.3 Å². The number of urea groups is 1. The number of halogens is 2. The summed E-state index contributed by atoms with van der Waals surface area (Å²) in [6, 6.07) is 6.80. The first kappa shape index (κ1) is 24.2. The first-order valence-corrected chi connectivity index (χ1v) is 11.9. The number of aliphatic carboxylic acids is 1. The number of benzene rings is 2. The Kier molecular flexibility index (Phi) is 6.17. The Morgan fingerprint density at radius 3 is 2.44 bits per heavy atom. The summed E-state index contributed by atoms with van der Waals surface area (Å²) in [6.45, 7) is 8.14. The van der Waals surface area contributed by atoms with E-state index in [2.05, 4.69) is 37.5 Å². The lowest BCUT2D eigenvalue weighted by molar-refractivity contribution is -0.157. The van der Waals surface area contributed by atoms with E-state index in [0.29, 0.717) is 12.1 Å². The molecule has 2 aromatic carbocycles. The minimum atomic E-state index is -1.04. The van der Waals surface area contributed by atoms with Crippen LogP contribution in [0.25, 0.3) is 0 Å². The Balaban J connectivity index is 1.69. The van der Waals surface area contributed by atoms with Crippen LogP contribution in [0, 0.1) is 23.0 Å². The van der Waals surface area contributed by atoms with Crippen molar-refractivity contribution in [3.05, 3.63) is 58.7 Å². The van der Waals surface area contributed by atoms with Crippen LogP contribution in [-0.4, -0.2) is 17.1 Å². The molecular weight excluding hydrogens is 438 g/mol. The van der Waals surface area contributed by atoms with Crippen LogP contribution >= 0.6 is 0 Å². The summed E-state index contributed by atoms with van der Waals surface area (Å²) < 4.78 is 26.8. The fourth-order valence-electron chi connectivity index (χ4n) is 6.24. The monoisotopic (exact) mass is 470 g/mol. The number of aryl methyl sites for hydroxylation is 1. The smallest absolute Gasteiger partial charge is 0.323 e. The van der Waals surface area contributed by atoms with Gasteiger partial charge in [0.05, 0.1) is 5.41 Å². The molecule has 3 N–H and O–H groups in total. The molecule has 2 amide bonds. The lowest BCUT2D eigenvalue weighted by atomic mass is 9.49. The molecule has 0 bridgehead atoms. The Morgan fingerprint density at radius 2 is 1.79 bits per heavy atom. The van der Waals surface area contributed by atoms with Crippen LogP contribution < -0.4 is 10.6 Å². The maximum Gasteiger partial charge on any atom is 0.323 e. The highest BCUT2D eigenvalue weighted by Gasteiger charge is 2.55. The summed E-state index contributed by atoms with van der Waals surface area (Å²) in [5.41, 5.74) is 3.01. The predicted octanol–water partition coefficient (Wildman–Crippen LogP) is 6.83. The number of hydrogen-bond donors (Lipinski definition) is 3. The van der Waals surface area contributed by atoms with Crippen molar-refractivity contribution in [2.75, 3.05) is 10.6 Å². The maximum atomic E-state index is 13.5. The van der Waals surface area contributed by atoms with Gasteiger partial charge < -0.3 is 15.7 Å². The lowest BCUT2D eigenvalue weighted by Crippen LogP contribution is -2.52. The number of carbonyl (C=O) groups is 2. The van der Waals surface area contributed by atoms with E-state index in [1.165, 1.54) is 11.6 Å². The van der Waals surface area contributed by atoms with Crippen molar-refractivity contribution < 1.29 is 23.5 Å². The molecule has 1 saturated carbocycles. The largest absolute Gasteiger partial charge is 0.481 e. The molecule has 34 heavy (non-hydrogen) atoms. The minimum Gasteiger partial charge on any atom is -0.481 e. The van der Waals surface area contributed by atoms with Gasteiger partial charge in [0.2, 0.25) is 0 Å². The molecule has 3 atom stereocenters. The van der Waals surface area contributed by atoms with Crippen molar-refractivity contribution in [3.63, 3.8) is 0 Å². The zero-order valence-electron chi connectivity index (χ0n) is 20.1. The van der Waals surface area contributed by atoms with Crippen LogP contribution in [0.4, 0.5) is 25.0 Å². The fraction of sp³-hybridized carbons (Fsp3) is 0.481. The van der Waals surface area contributed by atoms with E-state index in [9.17, 15) is 23.5 Å². The van der Waals surface area contributed by atoms with E-state index < -0.39 is 29.0 Å². The van der Waals surface area contributed by atoms with Crippen molar-refractivity contribution in [2.45, 2.75) is 71.1 Å². The molecule has 0 saturated heterocycles. The second kappa shape index (κ2) is 8.67. The zero-order chi connectivity index (χ0) is 24.8. The third-order valence-electron chi connectivity index (χ3n) is 8.06. The van der Waals surface area contributed by atoms with Crippen molar-refractivity contribution in [2.24, 2.45) is 11.3 Å². The van der Waals surface area contributed by atoms with Gasteiger partial charge in [-0.2, -0.15) is 0 Å². The standard InChI is InChI=1S/C27H32F2N2O3/c1-15(2)18-12-16-6-9-23-26(3,10-5-11-27(23,4)24(32)33)19(16)14-22(18)31-25(34)30-17-7-8-20(28)21(29)13-17/h7-8,12-15,23H,5-6,9-11H2,1-4H3,(H,32,33)(H2,30,31,34)/t23-,26-,27-/m1/s1. The van der Waals surface area contributed by atoms with E-state index in [-0.39, 0.29) is 22.9 Å². The molecule has 2 aliphatic rings. The molecule has 0 aromatic heterocycles. The zero-order valence-corrected chi connectivity index (χ0v) is 20.1. The van der Waals surface area contributed by atoms with Gasteiger partial charge in [-0.05, 0) is 84.7 Å². The molecule has 7 heteroatoms. The number of rotatable bonds is 4. The van der Waals surface area contributed by atoms with E-state index in [0.717, 1.165) is 48.9 Å². The van der Waals surface area contributed by atoms with E-state index in [4.69, 9.17) is 0 Å². The van der Waals surface area contributed by atoms with Gasteiger partial charge in [0.25, 0.3) is 0 Å². The summed E-state index contributed by atoms with van der Waals surface area (Å²) in [5, 5.41) is 15.5. The van der Waals surface area contributed by atoms with Gasteiger partial charge >= 0.3 is 12.0 Å². The molecular formula is C27H32F2N2O3. The van der Waals surface area contributed by atoms with Crippen LogP contribution in [0.3, 0.4) is 0 Å². The summed E-state index contributed by atoms with van der Waals surface area (Å²) in [7, 11) is 0. The van der Waals surface area contributed by atoms with Gasteiger partial charge in [0.15, 0.2) is 11.6 Å². The van der Waals surface area contributed by atoms with Gasteiger partial charge in [-0.25, -0.2) is 13.6 Å². The fourth-order valence-corrected chi connectivity index (χ4v) is 6.24. The molecule has 2 aromatic rings. The Bertz CT molecular complexity index is 1150. The molecule has 182 valence electrons. The summed E-state index contributed by atoms with van der Waals surface area (Å²) >= 11 is 0. The Hall–Kier alpha value is -2.96. The molecule has 0 radical (unpaired) electrons. The summed E-state index contributed by atoms with van der Waals surface area (Å²) in [5.74, 6) is -2.61. The van der Waals surface area contributed by atoms with Gasteiger partial charge in [0, 0.05) is 17.4 Å². The second-order valence-corrected chi connectivity index (χ2v) is 10.5. The van der Waals surface area contributed by atoms with E-state index >= 15 is 0 Å². The number of amides is 2. The van der Waals surface area contributed by atoms with E-state index in [1.54, 1.807) is 0 Å². The summed E-state index contributed by atoms with van der Waals surface area (Å²) in [6.07, 6.45) is 4.03. The molecule has 1 fully saturated rings. The third kappa shape index (κ3) is 4.05. The number of nitrogens with one attached hydrogen (secondary N) is 2. The van der Waals surface area contributed by atoms with Gasteiger partial charge in [-0.15, -0.1) is 0 Å².